The van der Waals surface area contributed by atoms with Crippen LogP contribution >= 0.6 is 23.2 Å². The summed E-state index contributed by atoms with van der Waals surface area (Å²) in [5, 5.41) is 4.68. The quantitative estimate of drug-likeness (QED) is 0.883. The highest BCUT2D eigenvalue weighted by Gasteiger charge is 2.26. The van der Waals surface area contributed by atoms with Gasteiger partial charge in [0.25, 0.3) is 0 Å². The number of hydrogen-bond donors (Lipinski definition) is 1. The second-order valence-corrected chi connectivity index (χ2v) is 7.10. The van der Waals surface area contributed by atoms with Crippen LogP contribution in [0.4, 0.5) is 5.69 Å². The van der Waals surface area contributed by atoms with E-state index >= 15 is 0 Å². The van der Waals surface area contributed by atoms with Crippen LogP contribution < -0.4 is 10.2 Å². The van der Waals surface area contributed by atoms with Crippen LogP contribution in [-0.4, -0.2) is 45.2 Å². The molecule has 1 saturated heterocycles. The van der Waals surface area contributed by atoms with Gasteiger partial charge in [-0.15, -0.1) is 0 Å². The van der Waals surface area contributed by atoms with Crippen LogP contribution in [0.5, 0.6) is 0 Å². The Morgan fingerprint density at radius 1 is 1.00 bits per heavy atom. The molecule has 3 rings (SSSR count). The van der Waals surface area contributed by atoms with Gasteiger partial charge in [0.15, 0.2) is 0 Å². The summed E-state index contributed by atoms with van der Waals surface area (Å²) in [5.74, 6) is 0. The Bertz CT molecular complexity index is 680. The minimum atomic E-state index is 0.120. The van der Waals surface area contributed by atoms with Gasteiger partial charge in [-0.05, 0) is 29.3 Å². The highest BCUT2D eigenvalue weighted by Crippen LogP contribution is 2.37. The third-order valence-electron chi connectivity index (χ3n) is 4.52. The molecule has 3 nitrogen and oxygen atoms in total. The van der Waals surface area contributed by atoms with Gasteiger partial charge in [0.05, 0.1) is 16.1 Å². The molecule has 0 amide bonds. The predicted octanol–water partition coefficient (Wildman–Crippen LogP) is 4.05. The van der Waals surface area contributed by atoms with Crippen LogP contribution in [-0.2, 0) is 0 Å². The number of nitrogens with zero attached hydrogens (tertiary/aromatic N) is 2. The Kier molecular flexibility index (Phi) is 5.67. The molecule has 1 heterocycles. The third kappa shape index (κ3) is 3.70. The van der Waals surface area contributed by atoms with Crippen molar-refractivity contribution < 1.29 is 0 Å². The summed E-state index contributed by atoms with van der Waals surface area (Å²) >= 11 is 12.8. The molecule has 2 aromatic rings. The number of hydrogen-bond acceptors (Lipinski definition) is 3. The highest BCUT2D eigenvalue weighted by molar-refractivity contribution is 6.42. The Hall–Kier alpha value is -1.26. The topological polar surface area (TPSA) is 18.5 Å². The lowest BCUT2D eigenvalue weighted by Gasteiger charge is -2.36. The van der Waals surface area contributed by atoms with Gasteiger partial charge >= 0.3 is 0 Å². The van der Waals surface area contributed by atoms with Gasteiger partial charge in [0.1, 0.15) is 0 Å². The number of piperazine rings is 1. The summed E-state index contributed by atoms with van der Waals surface area (Å²) in [5.41, 5.74) is 3.50. The van der Waals surface area contributed by atoms with Gasteiger partial charge < -0.3 is 10.2 Å². The van der Waals surface area contributed by atoms with Crippen LogP contribution in [0.1, 0.15) is 17.2 Å². The van der Waals surface area contributed by atoms with Gasteiger partial charge in [-0.2, -0.15) is 0 Å². The minimum absolute atomic E-state index is 0.120. The smallest absolute Gasteiger partial charge is 0.0643 e. The maximum absolute atomic E-state index is 6.56. The predicted molar refractivity (Wildman–Crippen MR) is 104 cm³/mol. The summed E-state index contributed by atoms with van der Waals surface area (Å²) in [7, 11) is 4.10. The maximum atomic E-state index is 6.56. The molecule has 0 aliphatic carbocycles. The molecule has 1 fully saturated rings. The number of nitrogens with one attached hydrogen (secondary N) is 1. The third-order valence-corrected chi connectivity index (χ3v) is 5.35. The van der Waals surface area contributed by atoms with E-state index in [4.69, 9.17) is 23.2 Å². The molecular weight excluding hydrogens is 341 g/mol. The molecule has 1 unspecified atom stereocenters. The Labute approximate surface area is 154 Å². The number of benzene rings is 2. The van der Waals surface area contributed by atoms with Crippen LogP contribution in [0.25, 0.3) is 0 Å². The van der Waals surface area contributed by atoms with Crippen molar-refractivity contribution >= 4 is 28.9 Å². The maximum Gasteiger partial charge on any atom is 0.0643 e. The SMILES string of the molecule is CN(C)c1ccc(C(c2cccc(Cl)c2Cl)N2CCNCC2)cc1. The standard InChI is InChI=1S/C19H23Cl2N3/c1-23(2)15-8-6-14(7-9-15)19(24-12-10-22-11-13-24)16-4-3-5-17(20)18(16)21/h3-9,19,22H,10-13H2,1-2H3. The molecule has 0 aromatic heterocycles. The van der Waals surface area contributed by atoms with Crippen LogP contribution in [0.3, 0.4) is 0 Å². The van der Waals surface area contributed by atoms with E-state index in [0.29, 0.717) is 10.0 Å². The normalized spacial score (nSPS) is 16.8. The fourth-order valence-electron chi connectivity index (χ4n) is 3.21. The monoisotopic (exact) mass is 363 g/mol. The number of anilines is 1. The van der Waals surface area contributed by atoms with E-state index in [-0.39, 0.29) is 6.04 Å². The first kappa shape index (κ1) is 17.6. The molecule has 1 aliphatic heterocycles. The molecule has 5 heteroatoms. The van der Waals surface area contributed by atoms with E-state index in [0.717, 1.165) is 31.7 Å². The van der Waals surface area contributed by atoms with Crippen molar-refractivity contribution in [3.63, 3.8) is 0 Å². The molecular formula is C19H23Cl2N3. The van der Waals surface area contributed by atoms with E-state index in [1.54, 1.807) is 0 Å². The molecule has 0 radical (unpaired) electrons. The first-order valence-electron chi connectivity index (χ1n) is 8.24. The summed E-state index contributed by atoms with van der Waals surface area (Å²) < 4.78 is 0. The molecule has 24 heavy (non-hydrogen) atoms. The molecule has 0 saturated carbocycles. The van der Waals surface area contributed by atoms with Gasteiger partial charge in [-0.25, -0.2) is 0 Å². The molecule has 1 N–H and O–H groups in total. The zero-order chi connectivity index (χ0) is 17.1. The van der Waals surface area contributed by atoms with E-state index < -0.39 is 0 Å². The van der Waals surface area contributed by atoms with Crippen molar-refractivity contribution in [1.82, 2.24) is 10.2 Å². The second kappa shape index (κ2) is 7.75. The Balaban J connectivity index is 2.02. The van der Waals surface area contributed by atoms with Crippen LogP contribution in [0.2, 0.25) is 10.0 Å². The average molecular weight is 364 g/mol. The lowest BCUT2D eigenvalue weighted by atomic mass is 9.96. The van der Waals surface area contributed by atoms with Crippen molar-refractivity contribution in [2.45, 2.75) is 6.04 Å². The first-order valence-corrected chi connectivity index (χ1v) is 8.99. The van der Waals surface area contributed by atoms with E-state index in [1.165, 1.54) is 11.3 Å². The first-order chi connectivity index (χ1) is 11.6. The largest absolute Gasteiger partial charge is 0.378 e. The zero-order valence-corrected chi connectivity index (χ0v) is 15.6. The molecule has 0 bridgehead atoms. The zero-order valence-electron chi connectivity index (χ0n) is 14.1. The van der Waals surface area contributed by atoms with Crippen molar-refractivity contribution in [3.8, 4) is 0 Å². The Morgan fingerprint density at radius 2 is 1.67 bits per heavy atom. The molecule has 1 aliphatic rings. The van der Waals surface area contributed by atoms with Crippen molar-refractivity contribution in [3.05, 3.63) is 63.6 Å². The van der Waals surface area contributed by atoms with Gasteiger partial charge in [-0.1, -0.05) is 47.5 Å². The lowest BCUT2D eigenvalue weighted by molar-refractivity contribution is 0.198. The van der Waals surface area contributed by atoms with Crippen molar-refractivity contribution in [2.75, 3.05) is 45.2 Å². The molecule has 2 aromatic carbocycles. The van der Waals surface area contributed by atoms with Gasteiger partial charge in [0.2, 0.25) is 0 Å². The fourth-order valence-corrected chi connectivity index (χ4v) is 3.63. The molecule has 1 atom stereocenters. The molecule has 0 spiro atoms. The summed E-state index contributed by atoms with van der Waals surface area (Å²) in [4.78, 5) is 4.58. The highest BCUT2D eigenvalue weighted by atomic mass is 35.5. The second-order valence-electron chi connectivity index (χ2n) is 6.32. The summed E-state index contributed by atoms with van der Waals surface area (Å²) in [6.07, 6.45) is 0. The fraction of sp³-hybridized carbons (Fsp3) is 0.368. The van der Waals surface area contributed by atoms with Crippen LogP contribution in [0, 0.1) is 0 Å². The lowest BCUT2D eigenvalue weighted by Crippen LogP contribution is -2.45. The summed E-state index contributed by atoms with van der Waals surface area (Å²) in [6, 6.07) is 14.7. The molecule has 128 valence electrons. The van der Waals surface area contributed by atoms with E-state index in [2.05, 4.69) is 59.5 Å². The van der Waals surface area contributed by atoms with Crippen molar-refractivity contribution in [1.29, 1.82) is 0 Å². The van der Waals surface area contributed by atoms with Gasteiger partial charge in [0, 0.05) is 46.0 Å². The van der Waals surface area contributed by atoms with E-state index in [1.807, 2.05) is 12.1 Å². The van der Waals surface area contributed by atoms with Crippen molar-refractivity contribution in [2.24, 2.45) is 0 Å². The average Bonchev–Trinajstić information content (AvgIpc) is 2.60. The summed E-state index contributed by atoms with van der Waals surface area (Å²) in [6.45, 7) is 3.96. The minimum Gasteiger partial charge on any atom is -0.378 e. The number of halogens is 2. The Morgan fingerprint density at radius 3 is 2.29 bits per heavy atom. The number of rotatable bonds is 4. The van der Waals surface area contributed by atoms with E-state index in [9.17, 15) is 0 Å². The van der Waals surface area contributed by atoms with Crippen LogP contribution in [0.15, 0.2) is 42.5 Å². The van der Waals surface area contributed by atoms with Gasteiger partial charge in [-0.3, -0.25) is 4.90 Å².